The van der Waals surface area contributed by atoms with E-state index in [1.807, 2.05) is 43.4 Å². The Morgan fingerprint density at radius 1 is 1.13 bits per heavy atom. The highest BCUT2D eigenvalue weighted by Crippen LogP contribution is 2.43. The van der Waals surface area contributed by atoms with Crippen molar-refractivity contribution in [1.82, 2.24) is 5.32 Å². The quantitative estimate of drug-likeness (QED) is 0.904. The molecule has 0 saturated heterocycles. The molecule has 1 aliphatic heterocycles. The van der Waals surface area contributed by atoms with Crippen molar-refractivity contribution in [3.05, 3.63) is 53.1 Å². The summed E-state index contributed by atoms with van der Waals surface area (Å²) in [5, 5.41) is 14.6. The molecule has 0 aliphatic carbocycles. The van der Waals surface area contributed by atoms with E-state index in [4.69, 9.17) is 14.2 Å². The molecule has 0 saturated carbocycles. The number of fused-ring (bicyclic) bond motifs is 2. The van der Waals surface area contributed by atoms with E-state index in [0.29, 0.717) is 30.4 Å². The van der Waals surface area contributed by atoms with Crippen molar-refractivity contribution in [1.29, 1.82) is 0 Å². The summed E-state index contributed by atoms with van der Waals surface area (Å²) in [6.45, 7) is 0.717. The number of hydrogen-bond donors (Lipinski definition) is 2. The Kier molecular flexibility index (Phi) is 4.15. The van der Waals surface area contributed by atoms with Crippen molar-refractivity contribution >= 4 is 0 Å². The van der Waals surface area contributed by atoms with Crippen molar-refractivity contribution in [2.45, 2.75) is 12.2 Å². The van der Waals surface area contributed by atoms with E-state index in [2.05, 4.69) is 5.32 Å². The molecule has 2 N–H and O–H groups in total. The van der Waals surface area contributed by atoms with E-state index >= 15 is 0 Å². The molecule has 3 rings (SSSR count). The summed E-state index contributed by atoms with van der Waals surface area (Å²) in [6.07, 6.45) is 0. The summed E-state index contributed by atoms with van der Waals surface area (Å²) in [4.78, 5) is 0. The molecule has 2 aromatic carbocycles. The Morgan fingerprint density at radius 3 is 2.52 bits per heavy atom. The summed E-state index contributed by atoms with van der Waals surface area (Å²) >= 11 is 0. The fraction of sp³-hybridized carbons (Fsp3) is 0.333. The summed E-state index contributed by atoms with van der Waals surface area (Å²) < 4.78 is 16.7. The first-order valence-corrected chi connectivity index (χ1v) is 7.48. The zero-order valence-corrected chi connectivity index (χ0v) is 13.6. The van der Waals surface area contributed by atoms with Gasteiger partial charge in [-0.05, 0) is 36.4 Å². The zero-order chi connectivity index (χ0) is 16.4. The number of ether oxygens (including phenoxy) is 3. The van der Waals surface area contributed by atoms with Crippen molar-refractivity contribution in [2.75, 3.05) is 27.8 Å². The molecule has 0 fully saturated rings. The maximum Gasteiger partial charge on any atom is 0.161 e. The first kappa shape index (κ1) is 15.6. The molecule has 5 nitrogen and oxygen atoms in total. The van der Waals surface area contributed by atoms with Gasteiger partial charge in [0, 0.05) is 12.1 Å². The maximum absolute atomic E-state index is 11.5. The standard InChI is InChI=1S/C18H21NO4/c1-19-11-18(20)13-6-4-5-7-15(13)23-10-12-8-16(21-2)17(22-3)9-14(12)18/h4-9,19-20H,10-11H2,1-3H3. The molecule has 122 valence electrons. The van der Waals surface area contributed by atoms with Gasteiger partial charge in [0.05, 0.1) is 14.2 Å². The van der Waals surface area contributed by atoms with Gasteiger partial charge < -0.3 is 24.6 Å². The second kappa shape index (κ2) is 6.10. The minimum absolute atomic E-state index is 0.357. The van der Waals surface area contributed by atoms with Crippen LogP contribution < -0.4 is 19.5 Å². The second-order valence-electron chi connectivity index (χ2n) is 5.54. The van der Waals surface area contributed by atoms with Gasteiger partial charge >= 0.3 is 0 Å². The van der Waals surface area contributed by atoms with Crippen LogP contribution in [0.4, 0.5) is 0 Å². The van der Waals surface area contributed by atoms with Crippen LogP contribution in [-0.2, 0) is 12.2 Å². The lowest BCUT2D eigenvalue weighted by molar-refractivity contribution is 0.0812. The molecule has 0 aromatic heterocycles. The maximum atomic E-state index is 11.5. The molecular formula is C18H21NO4. The highest BCUT2D eigenvalue weighted by molar-refractivity contribution is 5.55. The number of hydrogen-bond acceptors (Lipinski definition) is 5. The summed E-state index contributed by atoms with van der Waals surface area (Å²) in [5.41, 5.74) is 1.16. The second-order valence-corrected chi connectivity index (χ2v) is 5.54. The largest absolute Gasteiger partial charge is 0.493 e. The Hall–Kier alpha value is -2.24. The summed E-state index contributed by atoms with van der Waals surface area (Å²) in [6, 6.07) is 11.2. The Morgan fingerprint density at radius 2 is 1.83 bits per heavy atom. The molecule has 1 unspecified atom stereocenters. The van der Waals surface area contributed by atoms with E-state index in [1.165, 1.54) is 0 Å². The van der Waals surface area contributed by atoms with Crippen molar-refractivity contribution < 1.29 is 19.3 Å². The molecule has 0 spiro atoms. The number of aliphatic hydroxyl groups is 1. The monoisotopic (exact) mass is 315 g/mol. The van der Waals surface area contributed by atoms with E-state index in [0.717, 1.165) is 16.7 Å². The van der Waals surface area contributed by atoms with Crippen LogP contribution >= 0.6 is 0 Å². The van der Waals surface area contributed by atoms with Crippen molar-refractivity contribution in [2.24, 2.45) is 0 Å². The Balaban J connectivity index is 2.26. The number of rotatable bonds is 4. The van der Waals surface area contributed by atoms with Crippen LogP contribution in [0.3, 0.4) is 0 Å². The molecule has 23 heavy (non-hydrogen) atoms. The zero-order valence-electron chi connectivity index (χ0n) is 13.6. The van der Waals surface area contributed by atoms with Crippen LogP contribution in [0.15, 0.2) is 36.4 Å². The molecule has 2 aromatic rings. The lowest BCUT2D eigenvalue weighted by atomic mass is 9.83. The minimum Gasteiger partial charge on any atom is -0.493 e. The first-order valence-electron chi connectivity index (χ1n) is 7.48. The number of para-hydroxylation sites is 1. The number of nitrogens with one attached hydrogen (secondary N) is 1. The van der Waals surface area contributed by atoms with Gasteiger partial charge in [0.2, 0.25) is 0 Å². The number of methoxy groups -OCH3 is 2. The van der Waals surface area contributed by atoms with Crippen LogP contribution in [0.1, 0.15) is 16.7 Å². The first-order chi connectivity index (χ1) is 11.1. The predicted octanol–water partition coefficient (Wildman–Crippen LogP) is 2.05. The highest BCUT2D eigenvalue weighted by atomic mass is 16.5. The van der Waals surface area contributed by atoms with Crippen LogP contribution in [0.5, 0.6) is 17.2 Å². The van der Waals surface area contributed by atoms with Crippen molar-refractivity contribution in [3.8, 4) is 17.2 Å². The highest BCUT2D eigenvalue weighted by Gasteiger charge is 2.38. The molecule has 1 atom stereocenters. The third-order valence-electron chi connectivity index (χ3n) is 4.20. The third-order valence-corrected chi connectivity index (χ3v) is 4.20. The van der Waals surface area contributed by atoms with E-state index in [9.17, 15) is 5.11 Å². The minimum atomic E-state index is -1.21. The van der Waals surface area contributed by atoms with Crippen LogP contribution in [0, 0.1) is 0 Å². The molecule has 0 amide bonds. The Labute approximate surface area is 135 Å². The molecule has 1 aliphatic rings. The fourth-order valence-corrected chi connectivity index (χ4v) is 3.11. The van der Waals surface area contributed by atoms with Crippen LogP contribution in [-0.4, -0.2) is 32.9 Å². The Bertz CT molecular complexity index is 716. The average molecular weight is 315 g/mol. The predicted molar refractivity (Wildman–Crippen MR) is 87.2 cm³/mol. The lowest BCUT2D eigenvalue weighted by Gasteiger charge is -2.30. The van der Waals surface area contributed by atoms with Gasteiger partial charge in [0.15, 0.2) is 11.5 Å². The molecule has 0 bridgehead atoms. The molecule has 1 heterocycles. The van der Waals surface area contributed by atoms with Crippen molar-refractivity contribution in [3.63, 3.8) is 0 Å². The van der Waals surface area contributed by atoms with Gasteiger partial charge in [-0.3, -0.25) is 0 Å². The molecule has 0 radical (unpaired) electrons. The van der Waals surface area contributed by atoms with Gasteiger partial charge in [-0.2, -0.15) is 0 Å². The summed E-state index contributed by atoms with van der Waals surface area (Å²) in [7, 11) is 4.99. The number of likely N-dealkylation sites (N-methyl/N-ethyl adjacent to an activating group) is 1. The van der Waals surface area contributed by atoms with E-state index in [-0.39, 0.29) is 0 Å². The van der Waals surface area contributed by atoms with Gasteiger partial charge in [0.25, 0.3) is 0 Å². The van der Waals surface area contributed by atoms with Gasteiger partial charge in [-0.25, -0.2) is 0 Å². The van der Waals surface area contributed by atoms with E-state index in [1.54, 1.807) is 14.2 Å². The molecule has 5 heteroatoms. The third kappa shape index (κ3) is 2.52. The normalized spacial score (nSPS) is 19.1. The fourth-order valence-electron chi connectivity index (χ4n) is 3.11. The van der Waals surface area contributed by atoms with Crippen LogP contribution in [0.2, 0.25) is 0 Å². The van der Waals surface area contributed by atoms with Gasteiger partial charge in [0.1, 0.15) is 18.0 Å². The van der Waals surface area contributed by atoms with Gasteiger partial charge in [-0.1, -0.05) is 18.2 Å². The topological polar surface area (TPSA) is 60.0 Å². The van der Waals surface area contributed by atoms with Gasteiger partial charge in [-0.15, -0.1) is 0 Å². The number of benzene rings is 2. The molecular weight excluding hydrogens is 294 g/mol. The smallest absolute Gasteiger partial charge is 0.161 e. The van der Waals surface area contributed by atoms with Crippen LogP contribution in [0.25, 0.3) is 0 Å². The SMILES string of the molecule is CNCC1(O)c2cc(OC)c(OC)cc2COc2ccccc21. The average Bonchev–Trinajstić information content (AvgIpc) is 2.70. The van der Waals surface area contributed by atoms with E-state index < -0.39 is 5.60 Å². The lowest BCUT2D eigenvalue weighted by Crippen LogP contribution is -2.38. The summed E-state index contributed by atoms with van der Waals surface area (Å²) in [5.74, 6) is 1.88.